The molecule has 0 unspecified atom stereocenters. The molecular weight excluding hydrogens is 376 g/mol. The van der Waals surface area contributed by atoms with Crippen molar-refractivity contribution in [3.63, 3.8) is 0 Å². The van der Waals surface area contributed by atoms with Crippen LogP contribution in [-0.4, -0.2) is 18.9 Å². The number of methoxy groups -OCH3 is 1. The second kappa shape index (κ2) is 8.59. The van der Waals surface area contributed by atoms with Crippen LogP contribution in [0.2, 0.25) is 5.02 Å². The van der Waals surface area contributed by atoms with Crippen LogP contribution in [0.3, 0.4) is 0 Å². The molecule has 0 saturated carbocycles. The highest BCUT2D eigenvalue weighted by molar-refractivity contribution is 6.34. The number of para-hydroxylation sites is 2. The normalized spacial score (nSPS) is 10.2. The van der Waals surface area contributed by atoms with Crippen LogP contribution in [0.5, 0.6) is 5.75 Å². The molecule has 28 heavy (non-hydrogen) atoms. The van der Waals surface area contributed by atoms with E-state index in [1.807, 2.05) is 19.1 Å². The van der Waals surface area contributed by atoms with Crippen LogP contribution in [0.15, 0.2) is 66.7 Å². The monoisotopic (exact) mass is 394 g/mol. The molecular formula is C22H19ClN2O3. The van der Waals surface area contributed by atoms with E-state index in [9.17, 15) is 9.59 Å². The van der Waals surface area contributed by atoms with Crippen molar-refractivity contribution < 1.29 is 14.3 Å². The maximum Gasteiger partial charge on any atom is 0.257 e. The molecule has 0 heterocycles. The quantitative estimate of drug-likeness (QED) is 0.628. The molecule has 0 atom stereocenters. The van der Waals surface area contributed by atoms with Gasteiger partial charge >= 0.3 is 0 Å². The minimum atomic E-state index is -0.337. The summed E-state index contributed by atoms with van der Waals surface area (Å²) < 4.78 is 5.25. The number of hydrogen-bond acceptors (Lipinski definition) is 3. The van der Waals surface area contributed by atoms with E-state index in [1.165, 1.54) is 0 Å². The van der Waals surface area contributed by atoms with E-state index in [0.717, 1.165) is 5.56 Å². The zero-order valence-electron chi connectivity index (χ0n) is 15.5. The van der Waals surface area contributed by atoms with Crippen LogP contribution in [0, 0.1) is 6.92 Å². The first-order valence-electron chi connectivity index (χ1n) is 8.60. The van der Waals surface area contributed by atoms with Crippen molar-refractivity contribution in [2.75, 3.05) is 17.7 Å². The van der Waals surface area contributed by atoms with Crippen LogP contribution in [-0.2, 0) is 0 Å². The summed E-state index contributed by atoms with van der Waals surface area (Å²) in [4.78, 5) is 25.2. The Kier molecular flexibility index (Phi) is 5.96. The summed E-state index contributed by atoms with van der Waals surface area (Å²) in [6.07, 6.45) is 0. The summed E-state index contributed by atoms with van der Waals surface area (Å²) in [6.45, 7) is 1.85. The molecule has 5 nitrogen and oxygen atoms in total. The SMILES string of the molecule is COc1ccccc1NC(=O)c1ccc(C)c(NC(=O)c2ccccc2Cl)c1. The number of aryl methyl sites for hydroxylation is 1. The summed E-state index contributed by atoms with van der Waals surface area (Å²) in [6, 6.07) is 19.1. The molecule has 6 heteroatoms. The van der Waals surface area contributed by atoms with Gasteiger partial charge < -0.3 is 15.4 Å². The Hall–Kier alpha value is -3.31. The van der Waals surface area contributed by atoms with Crippen LogP contribution >= 0.6 is 11.6 Å². The summed E-state index contributed by atoms with van der Waals surface area (Å²) >= 11 is 6.09. The smallest absolute Gasteiger partial charge is 0.257 e. The standard InChI is InChI=1S/C22H19ClN2O3/c1-14-11-12-15(21(26)24-18-9-5-6-10-20(18)28-2)13-19(14)25-22(27)16-7-3-4-8-17(16)23/h3-13H,1-2H3,(H,24,26)(H,25,27). The van der Waals surface area contributed by atoms with E-state index in [1.54, 1.807) is 61.7 Å². The van der Waals surface area contributed by atoms with Gasteiger partial charge in [0, 0.05) is 11.3 Å². The number of halogens is 1. The molecule has 3 rings (SSSR count). The summed E-state index contributed by atoms with van der Waals surface area (Å²) in [7, 11) is 1.54. The number of anilines is 2. The number of benzene rings is 3. The van der Waals surface area contributed by atoms with Crippen LogP contribution in [0.25, 0.3) is 0 Å². The van der Waals surface area contributed by atoms with E-state index in [-0.39, 0.29) is 11.8 Å². The number of carbonyl (C=O) groups is 2. The number of hydrogen-bond donors (Lipinski definition) is 2. The number of nitrogens with one attached hydrogen (secondary N) is 2. The largest absolute Gasteiger partial charge is 0.495 e. The van der Waals surface area contributed by atoms with Gasteiger partial charge in [-0.15, -0.1) is 0 Å². The average molecular weight is 395 g/mol. The van der Waals surface area contributed by atoms with Crippen LogP contribution < -0.4 is 15.4 Å². The van der Waals surface area contributed by atoms with Crippen LogP contribution in [0.4, 0.5) is 11.4 Å². The zero-order chi connectivity index (χ0) is 20.1. The van der Waals surface area contributed by atoms with Gasteiger partial charge in [-0.2, -0.15) is 0 Å². The van der Waals surface area contributed by atoms with Crippen molar-refractivity contribution >= 4 is 34.8 Å². The Labute approximate surface area is 168 Å². The fraction of sp³-hybridized carbons (Fsp3) is 0.0909. The second-order valence-electron chi connectivity index (χ2n) is 6.12. The fourth-order valence-corrected chi connectivity index (χ4v) is 2.90. The van der Waals surface area contributed by atoms with E-state index in [2.05, 4.69) is 10.6 Å². The highest BCUT2D eigenvalue weighted by Gasteiger charge is 2.14. The fourth-order valence-electron chi connectivity index (χ4n) is 2.68. The van der Waals surface area contributed by atoms with Gasteiger partial charge in [0.05, 0.1) is 23.4 Å². The molecule has 0 aromatic heterocycles. The van der Waals surface area contributed by atoms with E-state index >= 15 is 0 Å². The molecule has 2 amide bonds. The molecule has 0 fully saturated rings. The average Bonchev–Trinajstić information content (AvgIpc) is 2.70. The van der Waals surface area contributed by atoms with Gasteiger partial charge in [-0.05, 0) is 48.9 Å². The van der Waals surface area contributed by atoms with E-state index in [0.29, 0.717) is 33.3 Å². The Morgan fingerprint density at radius 1 is 0.857 bits per heavy atom. The Morgan fingerprint density at radius 3 is 2.29 bits per heavy atom. The maximum absolute atomic E-state index is 12.7. The van der Waals surface area contributed by atoms with Crippen molar-refractivity contribution in [1.29, 1.82) is 0 Å². The lowest BCUT2D eigenvalue weighted by Gasteiger charge is -2.13. The lowest BCUT2D eigenvalue weighted by Crippen LogP contribution is -2.16. The molecule has 3 aromatic carbocycles. The molecule has 0 aliphatic carbocycles. The molecule has 0 radical (unpaired) electrons. The maximum atomic E-state index is 12.7. The molecule has 142 valence electrons. The zero-order valence-corrected chi connectivity index (χ0v) is 16.2. The van der Waals surface area contributed by atoms with Crippen molar-refractivity contribution in [3.05, 3.63) is 88.4 Å². The van der Waals surface area contributed by atoms with Crippen molar-refractivity contribution in [2.45, 2.75) is 6.92 Å². The van der Waals surface area contributed by atoms with Gasteiger partial charge in [0.2, 0.25) is 0 Å². The minimum Gasteiger partial charge on any atom is -0.495 e. The highest BCUT2D eigenvalue weighted by atomic mass is 35.5. The third kappa shape index (κ3) is 4.32. The summed E-state index contributed by atoms with van der Waals surface area (Å²) in [5, 5.41) is 6.01. The Morgan fingerprint density at radius 2 is 1.54 bits per heavy atom. The second-order valence-corrected chi connectivity index (χ2v) is 6.53. The number of carbonyl (C=O) groups excluding carboxylic acids is 2. The first kappa shape index (κ1) is 19.5. The third-order valence-corrected chi connectivity index (χ3v) is 4.55. The van der Waals surface area contributed by atoms with Crippen LogP contribution in [0.1, 0.15) is 26.3 Å². The Bertz CT molecular complexity index is 1030. The minimum absolute atomic E-state index is 0.308. The lowest BCUT2D eigenvalue weighted by atomic mass is 10.1. The van der Waals surface area contributed by atoms with Gasteiger partial charge in [0.25, 0.3) is 11.8 Å². The van der Waals surface area contributed by atoms with Gasteiger partial charge in [0.1, 0.15) is 5.75 Å². The molecule has 0 bridgehead atoms. The van der Waals surface area contributed by atoms with Crippen molar-refractivity contribution in [2.24, 2.45) is 0 Å². The predicted octanol–water partition coefficient (Wildman–Crippen LogP) is 5.16. The van der Waals surface area contributed by atoms with Crippen molar-refractivity contribution in [1.82, 2.24) is 0 Å². The van der Waals surface area contributed by atoms with E-state index < -0.39 is 0 Å². The van der Waals surface area contributed by atoms with E-state index in [4.69, 9.17) is 16.3 Å². The molecule has 3 aromatic rings. The van der Waals surface area contributed by atoms with Gasteiger partial charge in [-0.3, -0.25) is 9.59 Å². The topological polar surface area (TPSA) is 67.4 Å². The third-order valence-electron chi connectivity index (χ3n) is 4.22. The summed E-state index contributed by atoms with van der Waals surface area (Å²) in [5.74, 6) is -0.0797. The summed E-state index contributed by atoms with van der Waals surface area (Å²) in [5.41, 5.74) is 2.71. The molecule has 2 N–H and O–H groups in total. The predicted molar refractivity (Wildman–Crippen MR) is 112 cm³/mol. The highest BCUT2D eigenvalue weighted by Crippen LogP contribution is 2.25. The molecule has 0 aliphatic heterocycles. The van der Waals surface area contributed by atoms with Gasteiger partial charge in [-0.25, -0.2) is 0 Å². The lowest BCUT2D eigenvalue weighted by molar-refractivity contribution is 0.101. The Balaban J connectivity index is 1.82. The molecule has 0 spiro atoms. The van der Waals surface area contributed by atoms with Crippen molar-refractivity contribution in [3.8, 4) is 5.75 Å². The number of amides is 2. The van der Waals surface area contributed by atoms with Gasteiger partial charge in [-0.1, -0.05) is 41.9 Å². The first-order chi connectivity index (χ1) is 13.5. The van der Waals surface area contributed by atoms with Gasteiger partial charge in [0.15, 0.2) is 0 Å². The number of ether oxygens (including phenoxy) is 1. The molecule has 0 aliphatic rings. The first-order valence-corrected chi connectivity index (χ1v) is 8.98. The molecule has 0 saturated heterocycles. The number of rotatable bonds is 5.